The number of aromatic nitrogens is 1. The van der Waals surface area contributed by atoms with E-state index in [0.717, 1.165) is 29.4 Å². The van der Waals surface area contributed by atoms with Crippen LogP contribution in [-0.4, -0.2) is 30.1 Å². The summed E-state index contributed by atoms with van der Waals surface area (Å²) in [6.45, 7) is 2.22. The maximum absolute atomic E-state index is 11.9. The summed E-state index contributed by atoms with van der Waals surface area (Å²) in [6, 6.07) is 9.69. The first-order valence-corrected chi connectivity index (χ1v) is 8.39. The van der Waals surface area contributed by atoms with Crippen molar-refractivity contribution in [1.82, 2.24) is 9.88 Å². The fourth-order valence-corrected chi connectivity index (χ4v) is 2.50. The van der Waals surface area contributed by atoms with Crippen molar-refractivity contribution in [3.63, 3.8) is 0 Å². The number of carbonyl (C=O) groups is 1. The van der Waals surface area contributed by atoms with E-state index in [1.54, 1.807) is 14.1 Å². The van der Waals surface area contributed by atoms with E-state index >= 15 is 0 Å². The molecule has 0 aliphatic carbocycles. The van der Waals surface area contributed by atoms with Crippen LogP contribution in [0.2, 0.25) is 0 Å². The molecular formula is C19H26N2O2. The van der Waals surface area contributed by atoms with Crippen molar-refractivity contribution in [3.05, 3.63) is 36.0 Å². The molecule has 0 saturated heterocycles. The normalized spacial score (nSPS) is 10.7. The van der Waals surface area contributed by atoms with Gasteiger partial charge in [0.15, 0.2) is 0 Å². The maximum atomic E-state index is 11.9. The molecule has 124 valence electrons. The standard InChI is InChI=1S/C19H26N2O2/c1-4-5-6-7-8-11-15-14-18(23-19(22)21(2)3)16-12-9-10-13-17(16)20-15/h9-10,12-14H,4-8,11H2,1-3H3. The van der Waals surface area contributed by atoms with Crippen molar-refractivity contribution in [3.8, 4) is 5.75 Å². The van der Waals surface area contributed by atoms with Crippen LogP contribution in [0, 0.1) is 0 Å². The van der Waals surface area contributed by atoms with Gasteiger partial charge in [-0.1, -0.05) is 44.7 Å². The van der Waals surface area contributed by atoms with Crippen LogP contribution < -0.4 is 4.74 Å². The van der Waals surface area contributed by atoms with E-state index in [1.807, 2.05) is 30.3 Å². The van der Waals surface area contributed by atoms with Crippen molar-refractivity contribution in [2.24, 2.45) is 0 Å². The average Bonchev–Trinajstić information content (AvgIpc) is 2.54. The molecule has 0 aliphatic rings. The molecule has 0 bridgehead atoms. The third-order valence-corrected chi connectivity index (χ3v) is 3.83. The third kappa shape index (κ3) is 4.95. The van der Waals surface area contributed by atoms with E-state index in [-0.39, 0.29) is 6.09 Å². The SMILES string of the molecule is CCCCCCCc1cc(OC(=O)N(C)C)c2ccccc2n1. The number of aryl methyl sites for hydroxylation is 1. The lowest BCUT2D eigenvalue weighted by Gasteiger charge is -2.13. The number of ether oxygens (including phenoxy) is 1. The highest BCUT2D eigenvalue weighted by atomic mass is 16.6. The Hall–Kier alpha value is -2.10. The quantitative estimate of drug-likeness (QED) is 0.689. The zero-order valence-electron chi connectivity index (χ0n) is 14.3. The van der Waals surface area contributed by atoms with Gasteiger partial charge >= 0.3 is 6.09 Å². The Bertz CT molecular complexity index is 653. The molecule has 1 aromatic carbocycles. The smallest absolute Gasteiger partial charge is 0.409 e. The number of amides is 1. The molecule has 0 saturated carbocycles. The Morgan fingerprint density at radius 2 is 1.87 bits per heavy atom. The number of hydrogen-bond acceptors (Lipinski definition) is 3. The second-order valence-electron chi connectivity index (χ2n) is 6.06. The van der Waals surface area contributed by atoms with Crippen molar-refractivity contribution in [1.29, 1.82) is 0 Å². The van der Waals surface area contributed by atoms with Crippen molar-refractivity contribution in [2.75, 3.05) is 14.1 Å². The van der Waals surface area contributed by atoms with Crippen LogP contribution in [-0.2, 0) is 6.42 Å². The van der Waals surface area contributed by atoms with Gasteiger partial charge in [-0.15, -0.1) is 0 Å². The van der Waals surface area contributed by atoms with E-state index in [0.29, 0.717) is 5.75 Å². The number of unbranched alkanes of at least 4 members (excludes halogenated alkanes) is 4. The number of fused-ring (bicyclic) bond motifs is 1. The molecule has 1 aromatic heterocycles. The van der Waals surface area contributed by atoms with Gasteiger partial charge in [0.25, 0.3) is 0 Å². The average molecular weight is 314 g/mol. The molecule has 1 amide bonds. The third-order valence-electron chi connectivity index (χ3n) is 3.83. The summed E-state index contributed by atoms with van der Waals surface area (Å²) in [5, 5.41) is 0.873. The zero-order valence-corrected chi connectivity index (χ0v) is 14.3. The van der Waals surface area contributed by atoms with Crippen LogP contribution in [0.5, 0.6) is 5.75 Å². The monoisotopic (exact) mass is 314 g/mol. The van der Waals surface area contributed by atoms with Crippen molar-refractivity contribution >= 4 is 17.0 Å². The zero-order chi connectivity index (χ0) is 16.7. The Labute approximate surface area is 138 Å². The summed E-state index contributed by atoms with van der Waals surface area (Å²) >= 11 is 0. The fourth-order valence-electron chi connectivity index (χ4n) is 2.50. The van der Waals surface area contributed by atoms with E-state index in [2.05, 4.69) is 6.92 Å². The number of benzene rings is 1. The molecular weight excluding hydrogens is 288 g/mol. The van der Waals surface area contributed by atoms with Gasteiger partial charge in [-0.2, -0.15) is 0 Å². The fraction of sp³-hybridized carbons (Fsp3) is 0.474. The minimum absolute atomic E-state index is 0.366. The summed E-state index contributed by atoms with van der Waals surface area (Å²) in [5.74, 6) is 0.595. The molecule has 4 heteroatoms. The highest BCUT2D eigenvalue weighted by Gasteiger charge is 2.12. The molecule has 2 aromatic rings. The molecule has 0 aliphatic heterocycles. The van der Waals surface area contributed by atoms with Crippen molar-refractivity contribution in [2.45, 2.75) is 45.4 Å². The van der Waals surface area contributed by atoms with Gasteiger partial charge in [-0.3, -0.25) is 4.98 Å². The minimum Gasteiger partial charge on any atom is -0.409 e. The van der Waals surface area contributed by atoms with Crippen LogP contribution in [0.25, 0.3) is 10.9 Å². The van der Waals surface area contributed by atoms with Gasteiger partial charge in [-0.25, -0.2) is 4.79 Å². The van der Waals surface area contributed by atoms with E-state index in [9.17, 15) is 4.79 Å². The summed E-state index contributed by atoms with van der Waals surface area (Å²) in [6.07, 6.45) is 6.69. The number of para-hydroxylation sites is 1. The lowest BCUT2D eigenvalue weighted by molar-refractivity contribution is 0.172. The van der Waals surface area contributed by atoms with E-state index in [1.165, 1.54) is 30.6 Å². The Morgan fingerprint density at radius 3 is 2.61 bits per heavy atom. The van der Waals surface area contributed by atoms with Gasteiger partial charge in [0, 0.05) is 31.2 Å². The number of carbonyl (C=O) groups excluding carboxylic acids is 1. The first-order chi connectivity index (χ1) is 11.1. The predicted molar refractivity (Wildman–Crippen MR) is 93.9 cm³/mol. The molecule has 0 N–H and O–H groups in total. The van der Waals surface area contributed by atoms with Gasteiger partial charge in [-0.05, 0) is 25.0 Å². The molecule has 0 unspecified atom stereocenters. The van der Waals surface area contributed by atoms with Gasteiger partial charge in [0.2, 0.25) is 0 Å². The highest BCUT2D eigenvalue weighted by molar-refractivity contribution is 5.87. The van der Waals surface area contributed by atoms with Gasteiger partial charge in [0.05, 0.1) is 5.52 Å². The van der Waals surface area contributed by atoms with Gasteiger partial charge < -0.3 is 9.64 Å². The number of pyridine rings is 1. The lowest BCUT2D eigenvalue weighted by Crippen LogP contribution is -2.25. The summed E-state index contributed by atoms with van der Waals surface area (Å²) in [4.78, 5) is 18.0. The Kier molecular flexibility index (Phi) is 6.39. The van der Waals surface area contributed by atoms with Crippen LogP contribution in [0.15, 0.2) is 30.3 Å². The van der Waals surface area contributed by atoms with Crippen LogP contribution in [0.4, 0.5) is 4.79 Å². The second kappa shape index (κ2) is 8.51. The van der Waals surface area contributed by atoms with E-state index < -0.39 is 0 Å². The Morgan fingerprint density at radius 1 is 1.13 bits per heavy atom. The first kappa shape index (κ1) is 17.3. The molecule has 4 nitrogen and oxygen atoms in total. The van der Waals surface area contributed by atoms with Crippen LogP contribution in [0.3, 0.4) is 0 Å². The highest BCUT2D eigenvalue weighted by Crippen LogP contribution is 2.26. The molecule has 0 radical (unpaired) electrons. The van der Waals surface area contributed by atoms with Crippen LogP contribution >= 0.6 is 0 Å². The largest absolute Gasteiger partial charge is 0.414 e. The topological polar surface area (TPSA) is 42.4 Å². The maximum Gasteiger partial charge on any atom is 0.414 e. The minimum atomic E-state index is -0.366. The van der Waals surface area contributed by atoms with Crippen molar-refractivity contribution < 1.29 is 9.53 Å². The van der Waals surface area contributed by atoms with Gasteiger partial charge in [0.1, 0.15) is 5.75 Å². The summed E-state index contributed by atoms with van der Waals surface area (Å²) in [7, 11) is 3.36. The van der Waals surface area contributed by atoms with Crippen LogP contribution in [0.1, 0.15) is 44.7 Å². The molecule has 0 fully saturated rings. The molecule has 23 heavy (non-hydrogen) atoms. The molecule has 0 atom stereocenters. The molecule has 1 heterocycles. The molecule has 0 spiro atoms. The molecule has 2 rings (SSSR count). The van der Waals surface area contributed by atoms with E-state index in [4.69, 9.17) is 9.72 Å². The summed E-state index contributed by atoms with van der Waals surface area (Å²) < 4.78 is 5.52. The number of nitrogens with zero attached hydrogens (tertiary/aromatic N) is 2. The number of rotatable bonds is 7. The Balaban J connectivity index is 2.17. The first-order valence-electron chi connectivity index (χ1n) is 8.39. The predicted octanol–water partition coefficient (Wildman–Crippen LogP) is 4.81. The number of hydrogen-bond donors (Lipinski definition) is 0. The second-order valence-corrected chi connectivity index (χ2v) is 6.06. The summed E-state index contributed by atoms with van der Waals surface area (Å²) in [5.41, 5.74) is 1.86. The lowest BCUT2D eigenvalue weighted by atomic mass is 10.1.